The molecule has 1 heterocycles. The summed E-state index contributed by atoms with van der Waals surface area (Å²) in [5, 5.41) is 9.52. The van der Waals surface area contributed by atoms with Gasteiger partial charge in [0.1, 0.15) is 11.5 Å². The summed E-state index contributed by atoms with van der Waals surface area (Å²) in [5.41, 5.74) is -2.45. The molecule has 5 heteroatoms. The molecule has 2 aromatic rings. The molecule has 0 radical (unpaired) electrons. The van der Waals surface area contributed by atoms with Crippen LogP contribution < -0.4 is 4.74 Å². The minimum atomic E-state index is -3.09. The Bertz CT molecular complexity index is 637. The number of ether oxygens (including phenoxy) is 1. The van der Waals surface area contributed by atoms with Crippen LogP contribution in [-0.4, -0.2) is 17.5 Å². The number of alkyl halides is 2. The molecule has 0 unspecified atom stereocenters. The fourth-order valence-electron chi connectivity index (χ4n) is 2.59. The number of carboxylic acids is 1. The quantitative estimate of drug-likeness (QED) is 0.914. The van der Waals surface area contributed by atoms with Crippen molar-refractivity contribution in [1.29, 1.82) is 0 Å². The van der Waals surface area contributed by atoms with Crippen LogP contribution in [-0.2, 0) is 10.2 Å². The molecule has 20 heavy (non-hydrogen) atoms. The fraction of sp³-hybridized carbons (Fsp3) is 0.133. The Hall–Kier alpha value is -2.43. The number of hydrogen-bond donors (Lipinski definition) is 1. The number of carbonyl (C=O) groups is 1. The zero-order valence-electron chi connectivity index (χ0n) is 10.2. The largest absolute Gasteiger partial charge is 0.480 e. The van der Waals surface area contributed by atoms with Crippen LogP contribution in [0, 0.1) is 0 Å². The van der Waals surface area contributed by atoms with Crippen molar-refractivity contribution < 1.29 is 23.4 Å². The first kappa shape index (κ1) is 12.6. The van der Waals surface area contributed by atoms with Crippen molar-refractivity contribution in [1.82, 2.24) is 0 Å². The summed E-state index contributed by atoms with van der Waals surface area (Å²) in [6, 6.07) is 12.0. The average molecular weight is 276 g/mol. The third-order valence-corrected chi connectivity index (χ3v) is 3.51. The number of halogens is 2. The molecule has 102 valence electrons. The lowest BCUT2D eigenvalue weighted by Gasteiger charge is -2.35. The number of fused-ring (bicyclic) bond motifs is 2. The van der Waals surface area contributed by atoms with Crippen molar-refractivity contribution in [2.45, 2.75) is 11.8 Å². The van der Waals surface area contributed by atoms with Crippen molar-refractivity contribution in [2.75, 3.05) is 0 Å². The number of rotatable bonds is 2. The molecule has 0 fully saturated rings. The number of benzene rings is 2. The zero-order valence-corrected chi connectivity index (χ0v) is 10.2. The molecule has 0 bridgehead atoms. The first-order valence-electron chi connectivity index (χ1n) is 5.97. The molecule has 3 nitrogen and oxygen atoms in total. The Labute approximate surface area is 113 Å². The van der Waals surface area contributed by atoms with E-state index in [0.717, 1.165) is 0 Å². The summed E-state index contributed by atoms with van der Waals surface area (Å²) in [7, 11) is 0. The molecule has 0 aromatic heterocycles. The van der Waals surface area contributed by atoms with Crippen molar-refractivity contribution in [3.63, 3.8) is 0 Å². The molecular formula is C15H10F2O3. The van der Waals surface area contributed by atoms with Gasteiger partial charge in [-0.15, -0.1) is 0 Å². The van der Waals surface area contributed by atoms with E-state index in [1.165, 1.54) is 36.4 Å². The maximum Gasteiger partial charge on any atom is 0.324 e. The van der Waals surface area contributed by atoms with Gasteiger partial charge in [-0.25, -0.2) is 8.78 Å². The van der Waals surface area contributed by atoms with E-state index in [4.69, 9.17) is 4.74 Å². The first-order chi connectivity index (χ1) is 9.58. The number of aliphatic carboxylic acids is 1. The van der Waals surface area contributed by atoms with E-state index in [-0.39, 0.29) is 22.6 Å². The molecule has 3 rings (SSSR count). The highest BCUT2D eigenvalue weighted by Gasteiger charge is 2.55. The summed E-state index contributed by atoms with van der Waals surface area (Å²) in [5.74, 6) is -1.29. The van der Waals surface area contributed by atoms with Gasteiger partial charge in [-0.2, -0.15) is 0 Å². The van der Waals surface area contributed by atoms with Crippen LogP contribution in [0.4, 0.5) is 8.78 Å². The van der Waals surface area contributed by atoms with Crippen molar-refractivity contribution in [3.8, 4) is 11.5 Å². The van der Waals surface area contributed by atoms with Crippen LogP contribution in [0.1, 0.15) is 11.1 Å². The second-order valence-corrected chi connectivity index (χ2v) is 4.51. The highest BCUT2D eigenvalue weighted by Crippen LogP contribution is 2.51. The van der Waals surface area contributed by atoms with Gasteiger partial charge in [0, 0.05) is 11.1 Å². The summed E-state index contributed by atoms with van der Waals surface area (Å²) in [4.78, 5) is 11.7. The van der Waals surface area contributed by atoms with Gasteiger partial charge in [-0.1, -0.05) is 36.4 Å². The van der Waals surface area contributed by atoms with Gasteiger partial charge < -0.3 is 9.84 Å². The van der Waals surface area contributed by atoms with Crippen molar-refractivity contribution in [2.24, 2.45) is 0 Å². The van der Waals surface area contributed by atoms with Crippen LogP contribution in [0.2, 0.25) is 0 Å². The topological polar surface area (TPSA) is 46.5 Å². The maximum atomic E-state index is 13.7. The predicted molar refractivity (Wildman–Crippen MR) is 67.4 cm³/mol. The van der Waals surface area contributed by atoms with Gasteiger partial charge in [0.15, 0.2) is 5.41 Å². The number of carboxylic acid groups (broad SMARTS) is 1. The normalized spacial score (nSPS) is 15.2. The summed E-state index contributed by atoms with van der Waals surface area (Å²) >= 11 is 0. The van der Waals surface area contributed by atoms with Crippen LogP contribution in [0.15, 0.2) is 48.5 Å². The minimum absolute atomic E-state index is 0.0267. The van der Waals surface area contributed by atoms with Crippen molar-refractivity contribution in [3.05, 3.63) is 59.7 Å². The molecule has 0 saturated carbocycles. The summed E-state index contributed by atoms with van der Waals surface area (Å²) in [6.07, 6.45) is -3.09. The van der Waals surface area contributed by atoms with E-state index in [2.05, 4.69) is 0 Å². The smallest absolute Gasteiger partial charge is 0.324 e. The van der Waals surface area contributed by atoms with Gasteiger partial charge in [0.2, 0.25) is 0 Å². The number of hydrogen-bond acceptors (Lipinski definition) is 2. The highest BCUT2D eigenvalue weighted by atomic mass is 19.3. The minimum Gasteiger partial charge on any atom is -0.480 e. The Balaban J connectivity index is 2.40. The Morgan fingerprint density at radius 2 is 1.45 bits per heavy atom. The lowest BCUT2D eigenvalue weighted by atomic mass is 9.72. The Kier molecular flexibility index (Phi) is 2.71. The van der Waals surface area contributed by atoms with E-state index < -0.39 is 17.8 Å². The maximum absolute atomic E-state index is 13.7. The first-order valence-corrected chi connectivity index (χ1v) is 5.97. The predicted octanol–water partition coefficient (Wildman–Crippen LogP) is 3.43. The van der Waals surface area contributed by atoms with Gasteiger partial charge in [0.25, 0.3) is 6.43 Å². The molecule has 0 spiro atoms. The lowest BCUT2D eigenvalue weighted by Crippen LogP contribution is -2.45. The van der Waals surface area contributed by atoms with Crippen LogP contribution in [0.5, 0.6) is 11.5 Å². The Morgan fingerprint density at radius 1 is 1.00 bits per heavy atom. The standard InChI is InChI=1S/C15H10F2O3/c16-13(17)15(14(18)19)9-5-1-3-7-11(9)20-12-8-4-2-6-10(12)15/h1-8,13H,(H,18,19). The summed E-state index contributed by atoms with van der Waals surface area (Å²) < 4.78 is 33.0. The van der Waals surface area contributed by atoms with E-state index in [9.17, 15) is 18.7 Å². The molecule has 0 amide bonds. The van der Waals surface area contributed by atoms with Gasteiger partial charge in [0.05, 0.1) is 0 Å². The third kappa shape index (κ3) is 1.46. The zero-order chi connectivity index (χ0) is 14.3. The third-order valence-electron chi connectivity index (χ3n) is 3.51. The average Bonchev–Trinajstić information content (AvgIpc) is 2.43. The van der Waals surface area contributed by atoms with E-state index >= 15 is 0 Å². The van der Waals surface area contributed by atoms with Gasteiger partial charge in [-0.3, -0.25) is 4.79 Å². The molecule has 1 N–H and O–H groups in total. The lowest BCUT2D eigenvalue weighted by molar-refractivity contribution is -0.148. The molecule has 2 aromatic carbocycles. The van der Waals surface area contributed by atoms with E-state index in [1.807, 2.05) is 0 Å². The Morgan fingerprint density at radius 3 is 1.85 bits per heavy atom. The SMILES string of the molecule is O=C(O)C1(C(F)F)c2ccccc2Oc2ccccc21. The summed E-state index contributed by atoms with van der Waals surface area (Å²) in [6.45, 7) is 0. The van der Waals surface area contributed by atoms with E-state index in [0.29, 0.717) is 0 Å². The van der Waals surface area contributed by atoms with Gasteiger partial charge in [-0.05, 0) is 12.1 Å². The monoisotopic (exact) mass is 276 g/mol. The van der Waals surface area contributed by atoms with Crippen molar-refractivity contribution >= 4 is 5.97 Å². The van der Waals surface area contributed by atoms with Crippen LogP contribution in [0.25, 0.3) is 0 Å². The molecular weight excluding hydrogens is 266 g/mol. The van der Waals surface area contributed by atoms with E-state index in [1.54, 1.807) is 12.1 Å². The molecule has 1 aliphatic heterocycles. The van der Waals surface area contributed by atoms with Gasteiger partial charge >= 0.3 is 5.97 Å². The molecule has 0 saturated heterocycles. The molecule has 0 aliphatic carbocycles. The molecule has 0 atom stereocenters. The second kappa shape index (κ2) is 4.30. The van der Waals surface area contributed by atoms with Crippen LogP contribution >= 0.6 is 0 Å². The molecule has 1 aliphatic rings. The number of para-hydroxylation sites is 2. The fourth-order valence-corrected chi connectivity index (χ4v) is 2.59. The second-order valence-electron chi connectivity index (χ2n) is 4.51. The highest BCUT2D eigenvalue weighted by molar-refractivity contribution is 5.90. The van der Waals surface area contributed by atoms with Crippen LogP contribution in [0.3, 0.4) is 0 Å².